The van der Waals surface area contributed by atoms with E-state index >= 15 is 0 Å². The van der Waals surface area contributed by atoms with E-state index in [9.17, 15) is 4.79 Å². The van der Waals surface area contributed by atoms with Crippen LogP contribution in [0, 0.1) is 5.92 Å². The first-order valence-corrected chi connectivity index (χ1v) is 7.29. The Morgan fingerprint density at radius 3 is 2.38 bits per heavy atom. The minimum Gasteiger partial charge on any atom is -0.343 e. The van der Waals surface area contributed by atoms with Crippen LogP contribution in [0.15, 0.2) is 0 Å². The second kappa shape index (κ2) is 7.96. The number of thioether (sulfide) groups is 1. The molecule has 96 valence electrons. The molecule has 2 unspecified atom stereocenters. The van der Waals surface area contributed by atoms with Crippen molar-refractivity contribution in [3.8, 4) is 0 Å². The van der Waals surface area contributed by atoms with Gasteiger partial charge < -0.3 is 10.6 Å². The molecule has 2 atom stereocenters. The van der Waals surface area contributed by atoms with Crippen LogP contribution in [0.5, 0.6) is 0 Å². The molecule has 1 amide bonds. The summed E-state index contributed by atoms with van der Waals surface area (Å²) in [5, 5.41) is 0. The largest absolute Gasteiger partial charge is 0.343 e. The van der Waals surface area contributed by atoms with Gasteiger partial charge in [-0.25, -0.2) is 0 Å². The number of rotatable bonds is 7. The van der Waals surface area contributed by atoms with Gasteiger partial charge in [0.1, 0.15) is 0 Å². The molecule has 0 fully saturated rings. The molecule has 0 rings (SSSR count). The standard InChI is InChI=1S/C12H26N2OS/c1-9(2)11(13)8-12(15)14(4)10(3)6-7-16-5/h9-11H,6-8,13H2,1-5H3. The van der Waals surface area contributed by atoms with E-state index in [-0.39, 0.29) is 11.9 Å². The van der Waals surface area contributed by atoms with Crippen molar-refractivity contribution in [3.63, 3.8) is 0 Å². The molecule has 16 heavy (non-hydrogen) atoms. The zero-order valence-electron chi connectivity index (χ0n) is 11.2. The lowest BCUT2D eigenvalue weighted by Crippen LogP contribution is -2.40. The molecule has 0 radical (unpaired) electrons. The number of nitrogens with zero attached hydrogens (tertiary/aromatic N) is 1. The Morgan fingerprint density at radius 1 is 1.38 bits per heavy atom. The third-order valence-corrected chi connectivity index (χ3v) is 3.70. The molecule has 0 aromatic carbocycles. The van der Waals surface area contributed by atoms with Gasteiger partial charge >= 0.3 is 0 Å². The molecule has 0 saturated heterocycles. The van der Waals surface area contributed by atoms with Crippen LogP contribution in [0.1, 0.15) is 33.6 Å². The molecule has 0 aliphatic heterocycles. The average Bonchev–Trinajstić information content (AvgIpc) is 2.24. The summed E-state index contributed by atoms with van der Waals surface area (Å²) in [7, 11) is 1.88. The van der Waals surface area contributed by atoms with Crippen LogP contribution in [0.25, 0.3) is 0 Å². The van der Waals surface area contributed by atoms with Crippen molar-refractivity contribution in [2.24, 2.45) is 11.7 Å². The molecule has 0 aromatic heterocycles. The van der Waals surface area contributed by atoms with Gasteiger partial charge in [-0.1, -0.05) is 13.8 Å². The molecule has 0 aliphatic carbocycles. The fraction of sp³-hybridized carbons (Fsp3) is 0.917. The lowest BCUT2D eigenvalue weighted by atomic mass is 10.0. The molecule has 0 saturated carbocycles. The molecule has 2 N–H and O–H groups in total. The maximum Gasteiger partial charge on any atom is 0.224 e. The molecular weight excluding hydrogens is 220 g/mol. The second-order valence-corrected chi connectivity index (χ2v) is 5.73. The van der Waals surface area contributed by atoms with Gasteiger partial charge in [0.15, 0.2) is 0 Å². The highest BCUT2D eigenvalue weighted by Crippen LogP contribution is 2.10. The van der Waals surface area contributed by atoms with Gasteiger partial charge in [0, 0.05) is 25.6 Å². The van der Waals surface area contributed by atoms with Crippen LogP contribution >= 0.6 is 11.8 Å². The highest BCUT2D eigenvalue weighted by molar-refractivity contribution is 7.98. The monoisotopic (exact) mass is 246 g/mol. The number of amides is 1. The summed E-state index contributed by atoms with van der Waals surface area (Å²) in [4.78, 5) is 13.7. The van der Waals surface area contributed by atoms with Crippen molar-refractivity contribution >= 4 is 17.7 Å². The Balaban J connectivity index is 4.06. The third-order valence-electron chi connectivity index (χ3n) is 3.06. The average molecular weight is 246 g/mol. The highest BCUT2D eigenvalue weighted by Gasteiger charge is 2.19. The predicted octanol–water partition coefficient (Wildman–Crippen LogP) is 1.96. The van der Waals surface area contributed by atoms with E-state index in [1.807, 2.05) is 23.7 Å². The Bertz CT molecular complexity index is 209. The fourth-order valence-electron chi connectivity index (χ4n) is 1.31. The van der Waals surface area contributed by atoms with Crippen LogP contribution in [-0.2, 0) is 4.79 Å². The Morgan fingerprint density at radius 2 is 1.94 bits per heavy atom. The summed E-state index contributed by atoms with van der Waals surface area (Å²) >= 11 is 1.82. The van der Waals surface area contributed by atoms with E-state index in [1.54, 1.807) is 0 Å². The molecule has 3 nitrogen and oxygen atoms in total. The Hall–Kier alpha value is -0.220. The quantitative estimate of drug-likeness (QED) is 0.747. The first kappa shape index (κ1) is 15.8. The van der Waals surface area contributed by atoms with Crippen molar-refractivity contribution in [2.75, 3.05) is 19.1 Å². The molecule has 0 bridgehead atoms. The van der Waals surface area contributed by atoms with Gasteiger partial charge in [-0.2, -0.15) is 11.8 Å². The fourth-order valence-corrected chi connectivity index (χ4v) is 1.89. The third kappa shape index (κ3) is 5.75. The van der Waals surface area contributed by atoms with Crippen molar-refractivity contribution < 1.29 is 4.79 Å². The zero-order chi connectivity index (χ0) is 12.7. The predicted molar refractivity (Wildman–Crippen MR) is 72.7 cm³/mol. The summed E-state index contributed by atoms with van der Waals surface area (Å²) in [5.74, 6) is 1.61. The van der Waals surface area contributed by atoms with Gasteiger partial charge in [0.25, 0.3) is 0 Å². The summed E-state index contributed by atoms with van der Waals surface area (Å²) in [6, 6.07) is 0.280. The maximum atomic E-state index is 11.9. The van der Waals surface area contributed by atoms with Crippen molar-refractivity contribution in [3.05, 3.63) is 0 Å². The summed E-state index contributed by atoms with van der Waals surface area (Å²) in [6.45, 7) is 6.19. The molecule has 4 heteroatoms. The van der Waals surface area contributed by atoms with Gasteiger partial charge in [-0.05, 0) is 31.3 Å². The maximum absolute atomic E-state index is 11.9. The zero-order valence-corrected chi connectivity index (χ0v) is 12.0. The van der Waals surface area contributed by atoms with Crippen molar-refractivity contribution in [1.29, 1.82) is 0 Å². The van der Waals surface area contributed by atoms with Gasteiger partial charge in [0.2, 0.25) is 5.91 Å². The molecule has 0 heterocycles. The molecule has 0 aromatic rings. The lowest BCUT2D eigenvalue weighted by Gasteiger charge is -2.27. The summed E-state index contributed by atoms with van der Waals surface area (Å²) < 4.78 is 0. The van der Waals surface area contributed by atoms with Crippen molar-refractivity contribution in [2.45, 2.75) is 45.7 Å². The lowest BCUT2D eigenvalue weighted by molar-refractivity contribution is -0.132. The van der Waals surface area contributed by atoms with Crippen LogP contribution in [-0.4, -0.2) is 41.9 Å². The molecule has 0 spiro atoms. The topological polar surface area (TPSA) is 46.3 Å². The first-order chi connectivity index (χ1) is 7.40. The van der Waals surface area contributed by atoms with Gasteiger partial charge in [-0.3, -0.25) is 4.79 Å². The minimum absolute atomic E-state index is 0.0253. The van der Waals surface area contributed by atoms with E-state index in [1.165, 1.54) is 0 Å². The van der Waals surface area contributed by atoms with E-state index < -0.39 is 0 Å². The SMILES string of the molecule is CSCCC(C)N(C)C(=O)CC(N)C(C)C. The smallest absolute Gasteiger partial charge is 0.224 e. The Labute approximate surface area is 104 Å². The van der Waals surface area contributed by atoms with E-state index in [0.717, 1.165) is 12.2 Å². The number of carbonyl (C=O) groups is 1. The molecule has 0 aliphatic rings. The second-order valence-electron chi connectivity index (χ2n) is 4.75. The summed E-state index contributed by atoms with van der Waals surface area (Å²) in [6.07, 6.45) is 3.58. The number of nitrogens with two attached hydrogens (primary N) is 1. The number of hydrogen-bond acceptors (Lipinski definition) is 3. The number of carbonyl (C=O) groups excluding carboxylic acids is 1. The van der Waals surface area contributed by atoms with E-state index in [2.05, 4.69) is 27.0 Å². The normalized spacial score (nSPS) is 14.9. The highest BCUT2D eigenvalue weighted by atomic mass is 32.2. The minimum atomic E-state index is -0.0253. The molecular formula is C12H26N2OS. The van der Waals surface area contributed by atoms with E-state index in [0.29, 0.717) is 18.4 Å². The first-order valence-electron chi connectivity index (χ1n) is 5.90. The van der Waals surface area contributed by atoms with Crippen LogP contribution in [0.3, 0.4) is 0 Å². The van der Waals surface area contributed by atoms with Crippen LogP contribution in [0.2, 0.25) is 0 Å². The van der Waals surface area contributed by atoms with Gasteiger partial charge in [0.05, 0.1) is 0 Å². The van der Waals surface area contributed by atoms with Gasteiger partial charge in [-0.15, -0.1) is 0 Å². The summed E-state index contributed by atoms with van der Waals surface area (Å²) in [5.41, 5.74) is 5.90. The van der Waals surface area contributed by atoms with Crippen LogP contribution < -0.4 is 5.73 Å². The van der Waals surface area contributed by atoms with E-state index in [4.69, 9.17) is 5.73 Å². The number of hydrogen-bond donors (Lipinski definition) is 1. The van der Waals surface area contributed by atoms with Crippen LogP contribution in [0.4, 0.5) is 0 Å². The Kier molecular flexibility index (Phi) is 7.85. The van der Waals surface area contributed by atoms with Crippen molar-refractivity contribution in [1.82, 2.24) is 4.90 Å².